The van der Waals surface area contributed by atoms with Gasteiger partial charge >= 0.3 is 6.18 Å². The summed E-state index contributed by atoms with van der Waals surface area (Å²) in [5, 5.41) is 0. The molecular formula is C11H12F3NS. The number of thiol groups is 1. The van der Waals surface area contributed by atoms with Gasteiger partial charge in [0, 0.05) is 11.3 Å². The third-order valence-electron chi connectivity index (χ3n) is 2.03. The van der Waals surface area contributed by atoms with Gasteiger partial charge in [0.1, 0.15) is 0 Å². The molecule has 0 radical (unpaired) electrons. The summed E-state index contributed by atoms with van der Waals surface area (Å²) in [6.45, 7) is 0. The normalized spacial score (nSPS) is 12.2. The van der Waals surface area contributed by atoms with Gasteiger partial charge in [-0.15, -0.1) is 0 Å². The number of nitrogen functional groups attached to an aromatic ring is 1. The van der Waals surface area contributed by atoms with E-state index in [0.29, 0.717) is 12.2 Å². The van der Waals surface area contributed by atoms with Crippen LogP contribution in [0.5, 0.6) is 0 Å². The summed E-state index contributed by atoms with van der Waals surface area (Å²) in [7, 11) is 0. The average Bonchev–Trinajstić information content (AvgIpc) is 2.19. The maximum Gasteiger partial charge on any atom is 0.417 e. The van der Waals surface area contributed by atoms with Crippen molar-refractivity contribution < 1.29 is 13.2 Å². The van der Waals surface area contributed by atoms with Crippen LogP contribution in [0, 0.1) is 0 Å². The smallest absolute Gasteiger partial charge is 0.398 e. The molecule has 0 saturated carbocycles. The second kappa shape index (κ2) is 5.30. The molecule has 0 saturated heterocycles. The lowest BCUT2D eigenvalue weighted by molar-refractivity contribution is -0.137. The standard InChI is InChI=1S/C11H12F3NS/c12-11(13,14)9-5-3-6-10(15)8(9)4-1-2-7-16/h1,3-6,16H,2,7,15H2. The molecule has 0 unspecified atom stereocenters. The van der Waals surface area contributed by atoms with Crippen molar-refractivity contribution in [1.29, 1.82) is 0 Å². The summed E-state index contributed by atoms with van der Waals surface area (Å²) in [6, 6.07) is 3.78. The second-order valence-electron chi connectivity index (χ2n) is 3.22. The number of anilines is 1. The number of nitrogens with two attached hydrogens (primary N) is 1. The molecule has 0 heterocycles. The highest BCUT2D eigenvalue weighted by Gasteiger charge is 2.33. The number of benzene rings is 1. The molecule has 0 aromatic heterocycles. The molecule has 2 N–H and O–H groups in total. The minimum atomic E-state index is -4.38. The largest absolute Gasteiger partial charge is 0.417 e. The van der Waals surface area contributed by atoms with Crippen LogP contribution in [0.3, 0.4) is 0 Å². The summed E-state index contributed by atoms with van der Waals surface area (Å²) < 4.78 is 37.9. The number of hydrogen-bond donors (Lipinski definition) is 2. The number of allylic oxidation sites excluding steroid dienone is 1. The molecule has 0 amide bonds. The number of alkyl halides is 3. The van der Waals surface area contributed by atoms with Crippen LogP contribution >= 0.6 is 12.6 Å². The van der Waals surface area contributed by atoms with E-state index in [0.717, 1.165) is 6.07 Å². The zero-order chi connectivity index (χ0) is 12.2. The van der Waals surface area contributed by atoms with Crippen molar-refractivity contribution in [3.05, 3.63) is 35.4 Å². The van der Waals surface area contributed by atoms with Gasteiger partial charge in [0.15, 0.2) is 0 Å². The van der Waals surface area contributed by atoms with Gasteiger partial charge in [-0.25, -0.2) is 0 Å². The molecule has 0 aliphatic rings. The summed E-state index contributed by atoms with van der Waals surface area (Å²) in [4.78, 5) is 0. The highest BCUT2D eigenvalue weighted by molar-refractivity contribution is 7.80. The van der Waals surface area contributed by atoms with Crippen molar-refractivity contribution >= 4 is 24.4 Å². The van der Waals surface area contributed by atoms with Gasteiger partial charge in [-0.1, -0.05) is 18.2 Å². The van der Waals surface area contributed by atoms with Crippen molar-refractivity contribution in [2.24, 2.45) is 0 Å². The van der Waals surface area contributed by atoms with Crippen molar-refractivity contribution in [3.63, 3.8) is 0 Å². The van der Waals surface area contributed by atoms with Gasteiger partial charge in [0.05, 0.1) is 5.56 Å². The SMILES string of the molecule is Nc1cccc(C(F)(F)F)c1C=CCCS. The van der Waals surface area contributed by atoms with E-state index in [1.54, 1.807) is 6.08 Å². The Morgan fingerprint density at radius 3 is 2.56 bits per heavy atom. The second-order valence-corrected chi connectivity index (χ2v) is 3.67. The van der Waals surface area contributed by atoms with Gasteiger partial charge in [-0.2, -0.15) is 25.8 Å². The first kappa shape index (κ1) is 13.0. The summed E-state index contributed by atoms with van der Waals surface area (Å²) in [6.07, 6.45) is -0.743. The Morgan fingerprint density at radius 1 is 1.31 bits per heavy atom. The van der Waals surface area contributed by atoms with E-state index in [-0.39, 0.29) is 11.3 Å². The molecule has 16 heavy (non-hydrogen) atoms. The van der Waals surface area contributed by atoms with Crippen LogP contribution in [0.2, 0.25) is 0 Å². The molecule has 0 spiro atoms. The fourth-order valence-corrected chi connectivity index (χ4v) is 1.44. The molecular weight excluding hydrogens is 235 g/mol. The van der Waals surface area contributed by atoms with Gasteiger partial charge < -0.3 is 5.73 Å². The topological polar surface area (TPSA) is 26.0 Å². The quantitative estimate of drug-likeness (QED) is 0.619. The maximum atomic E-state index is 12.6. The molecule has 1 aromatic carbocycles. The van der Waals surface area contributed by atoms with Crippen LogP contribution in [-0.2, 0) is 6.18 Å². The van der Waals surface area contributed by atoms with E-state index in [1.165, 1.54) is 18.2 Å². The lowest BCUT2D eigenvalue weighted by atomic mass is 10.0. The zero-order valence-corrected chi connectivity index (χ0v) is 9.35. The third-order valence-corrected chi connectivity index (χ3v) is 2.28. The van der Waals surface area contributed by atoms with Gasteiger partial charge in [0.2, 0.25) is 0 Å². The van der Waals surface area contributed by atoms with E-state index in [1.807, 2.05) is 0 Å². The van der Waals surface area contributed by atoms with E-state index in [2.05, 4.69) is 12.6 Å². The fourth-order valence-electron chi connectivity index (χ4n) is 1.29. The average molecular weight is 247 g/mol. The molecule has 0 aliphatic heterocycles. The summed E-state index contributed by atoms with van der Waals surface area (Å²) in [5.41, 5.74) is 4.98. The number of halogens is 3. The molecule has 1 aromatic rings. The third kappa shape index (κ3) is 3.20. The minimum Gasteiger partial charge on any atom is -0.398 e. The Labute approximate surface area is 97.6 Å². The summed E-state index contributed by atoms with van der Waals surface area (Å²) >= 11 is 3.97. The Hall–Kier alpha value is -1.10. The summed E-state index contributed by atoms with van der Waals surface area (Å²) in [5.74, 6) is 0.588. The van der Waals surface area contributed by atoms with E-state index in [9.17, 15) is 13.2 Å². The zero-order valence-electron chi connectivity index (χ0n) is 8.46. The minimum absolute atomic E-state index is 0.0248. The van der Waals surface area contributed by atoms with Crippen LogP contribution in [0.4, 0.5) is 18.9 Å². The maximum absolute atomic E-state index is 12.6. The van der Waals surface area contributed by atoms with Crippen LogP contribution in [0.25, 0.3) is 6.08 Å². The first-order valence-corrected chi connectivity index (χ1v) is 5.33. The Morgan fingerprint density at radius 2 is 2.00 bits per heavy atom. The molecule has 5 heteroatoms. The van der Waals surface area contributed by atoms with E-state index >= 15 is 0 Å². The first-order chi connectivity index (χ1) is 7.46. The molecule has 1 nitrogen and oxygen atoms in total. The van der Waals surface area contributed by atoms with Crippen LogP contribution in [-0.4, -0.2) is 5.75 Å². The molecule has 0 bridgehead atoms. The Kier molecular flexibility index (Phi) is 4.29. The molecule has 0 aliphatic carbocycles. The Bertz CT molecular complexity index is 385. The molecule has 1 rings (SSSR count). The van der Waals surface area contributed by atoms with Gasteiger partial charge in [-0.05, 0) is 24.3 Å². The van der Waals surface area contributed by atoms with Crippen LogP contribution in [0.15, 0.2) is 24.3 Å². The monoisotopic (exact) mass is 247 g/mol. The predicted octanol–water partition coefficient (Wildman–Crippen LogP) is 3.62. The predicted molar refractivity (Wildman–Crippen MR) is 63.4 cm³/mol. The highest BCUT2D eigenvalue weighted by Crippen LogP contribution is 2.34. The van der Waals surface area contributed by atoms with E-state index < -0.39 is 11.7 Å². The number of rotatable bonds is 3. The number of hydrogen-bond acceptors (Lipinski definition) is 2. The van der Waals surface area contributed by atoms with Crippen molar-refractivity contribution in [2.75, 3.05) is 11.5 Å². The van der Waals surface area contributed by atoms with E-state index in [4.69, 9.17) is 5.73 Å². The Balaban J connectivity index is 3.14. The van der Waals surface area contributed by atoms with Gasteiger partial charge in [0.25, 0.3) is 0 Å². The molecule has 88 valence electrons. The lowest BCUT2D eigenvalue weighted by Gasteiger charge is -2.12. The van der Waals surface area contributed by atoms with Gasteiger partial charge in [-0.3, -0.25) is 0 Å². The van der Waals surface area contributed by atoms with Crippen molar-refractivity contribution in [2.45, 2.75) is 12.6 Å². The fraction of sp³-hybridized carbons (Fsp3) is 0.273. The first-order valence-electron chi connectivity index (χ1n) is 4.70. The van der Waals surface area contributed by atoms with Crippen molar-refractivity contribution in [3.8, 4) is 0 Å². The molecule has 0 fully saturated rings. The lowest BCUT2D eigenvalue weighted by Crippen LogP contribution is -2.08. The molecule has 0 atom stereocenters. The van der Waals surface area contributed by atoms with Crippen LogP contribution < -0.4 is 5.73 Å². The van der Waals surface area contributed by atoms with Crippen molar-refractivity contribution in [1.82, 2.24) is 0 Å². The highest BCUT2D eigenvalue weighted by atomic mass is 32.1. The van der Waals surface area contributed by atoms with Crippen LogP contribution in [0.1, 0.15) is 17.5 Å².